The van der Waals surface area contributed by atoms with Gasteiger partial charge in [-0.2, -0.15) is 0 Å². The number of carbonyl (C=O) groups excluding carboxylic acids is 1. The molecule has 2 nitrogen and oxygen atoms in total. The van der Waals surface area contributed by atoms with Gasteiger partial charge in [-0.3, -0.25) is 4.79 Å². The minimum atomic E-state index is -0.496. The van der Waals surface area contributed by atoms with E-state index >= 15 is 0 Å². The maximum Gasteiger partial charge on any atom is 0.205 e. The Kier molecular flexibility index (Phi) is 3.51. The van der Waals surface area contributed by atoms with Crippen LogP contribution in [0.5, 0.6) is 0 Å². The van der Waals surface area contributed by atoms with Gasteiger partial charge in [0.2, 0.25) is 5.78 Å². The number of nitrogens with two attached hydrogens (primary N) is 1. The average Bonchev–Trinajstić information content (AvgIpc) is 2.62. The minimum Gasteiger partial charge on any atom is -0.398 e. The molecular weight excluding hydrogens is 329 g/mol. The Balaban J connectivity index is 2.47. The first-order valence-corrected chi connectivity index (χ1v) is 6.52. The molecule has 0 radical (unpaired) electrons. The lowest BCUT2D eigenvalue weighted by Gasteiger charge is -2.02. The molecule has 0 amide bonds. The van der Waals surface area contributed by atoms with Gasteiger partial charge in [0.05, 0.1) is 4.88 Å². The van der Waals surface area contributed by atoms with Crippen LogP contribution in [0, 0.1) is 5.82 Å². The SMILES string of the molecule is Nc1ccc(F)cc1C(=O)c1cc(Br)c(Cl)s1. The van der Waals surface area contributed by atoms with Gasteiger partial charge in [0.15, 0.2) is 0 Å². The minimum absolute atomic E-state index is 0.149. The number of carbonyl (C=O) groups is 1. The molecule has 0 fully saturated rings. The van der Waals surface area contributed by atoms with Crippen molar-refractivity contribution in [2.45, 2.75) is 0 Å². The third-order valence-corrected chi connectivity index (χ3v) is 4.60. The largest absolute Gasteiger partial charge is 0.398 e. The van der Waals surface area contributed by atoms with Crippen LogP contribution in [0.25, 0.3) is 0 Å². The molecule has 2 aromatic rings. The normalized spacial score (nSPS) is 10.5. The van der Waals surface area contributed by atoms with Crippen LogP contribution < -0.4 is 5.73 Å². The van der Waals surface area contributed by atoms with Crippen LogP contribution in [0.3, 0.4) is 0 Å². The van der Waals surface area contributed by atoms with Crippen LogP contribution in [0.2, 0.25) is 4.34 Å². The van der Waals surface area contributed by atoms with Crippen LogP contribution in [0.15, 0.2) is 28.7 Å². The van der Waals surface area contributed by atoms with Crippen molar-refractivity contribution in [2.24, 2.45) is 0 Å². The van der Waals surface area contributed by atoms with Gasteiger partial charge in [0.1, 0.15) is 10.2 Å². The zero-order valence-corrected chi connectivity index (χ0v) is 11.5. The van der Waals surface area contributed by atoms with E-state index in [1.54, 1.807) is 6.07 Å². The fourth-order valence-electron chi connectivity index (χ4n) is 1.32. The van der Waals surface area contributed by atoms with Crippen molar-refractivity contribution in [1.29, 1.82) is 0 Å². The molecule has 0 aliphatic rings. The molecule has 6 heteroatoms. The number of benzene rings is 1. The lowest BCUT2D eigenvalue weighted by atomic mass is 10.1. The summed E-state index contributed by atoms with van der Waals surface area (Å²) in [4.78, 5) is 12.5. The number of rotatable bonds is 2. The maximum absolute atomic E-state index is 13.1. The monoisotopic (exact) mass is 333 g/mol. The van der Waals surface area contributed by atoms with Gasteiger partial charge in [-0.1, -0.05) is 11.6 Å². The zero-order valence-electron chi connectivity index (χ0n) is 8.34. The average molecular weight is 335 g/mol. The van der Waals surface area contributed by atoms with Crippen molar-refractivity contribution in [1.82, 2.24) is 0 Å². The highest BCUT2D eigenvalue weighted by molar-refractivity contribution is 9.10. The van der Waals surface area contributed by atoms with E-state index in [-0.39, 0.29) is 17.0 Å². The lowest BCUT2D eigenvalue weighted by molar-refractivity contribution is 0.104. The number of thiophene rings is 1. The Hall–Kier alpha value is -0.910. The standard InChI is InChI=1S/C11H6BrClFNOS/c12-7-4-9(17-11(7)13)10(16)6-3-5(14)1-2-8(6)15/h1-4H,15H2. The van der Waals surface area contributed by atoms with E-state index in [0.29, 0.717) is 13.7 Å². The summed E-state index contributed by atoms with van der Waals surface area (Å²) in [7, 11) is 0. The summed E-state index contributed by atoms with van der Waals surface area (Å²) in [5, 5.41) is 0. The lowest BCUT2D eigenvalue weighted by Crippen LogP contribution is -2.04. The van der Waals surface area contributed by atoms with E-state index in [2.05, 4.69) is 15.9 Å². The summed E-state index contributed by atoms with van der Waals surface area (Å²) in [6, 6.07) is 5.30. The van der Waals surface area contributed by atoms with E-state index < -0.39 is 5.82 Å². The second-order valence-electron chi connectivity index (χ2n) is 3.29. The zero-order chi connectivity index (χ0) is 12.6. The Bertz CT molecular complexity index is 580. The molecule has 2 N–H and O–H groups in total. The second kappa shape index (κ2) is 4.76. The molecule has 0 unspecified atom stereocenters. The molecule has 1 heterocycles. The quantitative estimate of drug-likeness (QED) is 0.663. The number of hydrogen-bond acceptors (Lipinski definition) is 3. The first-order valence-electron chi connectivity index (χ1n) is 4.53. The topological polar surface area (TPSA) is 43.1 Å². The van der Waals surface area contributed by atoms with Crippen LogP contribution in [-0.2, 0) is 0 Å². The highest BCUT2D eigenvalue weighted by Crippen LogP contribution is 2.33. The molecule has 0 saturated carbocycles. The van der Waals surface area contributed by atoms with Gasteiger partial charge >= 0.3 is 0 Å². The van der Waals surface area contributed by atoms with Gasteiger partial charge in [-0.15, -0.1) is 11.3 Å². The van der Waals surface area contributed by atoms with Crippen LogP contribution in [-0.4, -0.2) is 5.78 Å². The van der Waals surface area contributed by atoms with Gasteiger partial charge in [0.25, 0.3) is 0 Å². The molecule has 0 saturated heterocycles. The van der Waals surface area contributed by atoms with Crippen molar-refractivity contribution in [3.63, 3.8) is 0 Å². The summed E-state index contributed by atoms with van der Waals surface area (Å²) in [6.45, 7) is 0. The summed E-state index contributed by atoms with van der Waals surface area (Å²) < 4.78 is 14.2. The highest BCUT2D eigenvalue weighted by atomic mass is 79.9. The molecule has 2 rings (SSSR count). The smallest absolute Gasteiger partial charge is 0.205 e. The molecule has 0 bridgehead atoms. The molecule has 0 spiro atoms. The highest BCUT2D eigenvalue weighted by Gasteiger charge is 2.17. The van der Waals surface area contributed by atoms with Gasteiger partial charge in [-0.05, 0) is 40.2 Å². The van der Waals surface area contributed by atoms with Crippen molar-refractivity contribution in [2.75, 3.05) is 5.73 Å². The number of hydrogen-bond donors (Lipinski definition) is 1. The Morgan fingerprint density at radius 1 is 1.41 bits per heavy atom. The van der Waals surface area contributed by atoms with Crippen molar-refractivity contribution in [3.05, 3.63) is 49.3 Å². The van der Waals surface area contributed by atoms with Crippen molar-refractivity contribution < 1.29 is 9.18 Å². The molecule has 88 valence electrons. The summed E-state index contributed by atoms with van der Waals surface area (Å²) in [6.07, 6.45) is 0. The maximum atomic E-state index is 13.1. The molecule has 1 aromatic carbocycles. The van der Waals surface area contributed by atoms with Gasteiger partial charge in [-0.25, -0.2) is 4.39 Å². The van der Waals surface area contributed by atoms with Crippen LogP contribution >= 0.6 is 38.9 Å². The molecule has 0 aliphatic heterocycles. The first kappa shape index (κ1) is 12.5. The van der Waals surface area contributed by atoms with Crippen LogP contribution in [0.4, 0.5) is 10.1 Å². The molecular formula is C11H6BrClFNOS. The van der Waals surface area contributed by atoms with E-state index in [4.69, 9.17) is 17.3 Å². The summed E-state index contributed by atoms with van der Waals surface area (Å²) in [5.74, 6) is -0.830. The van der Waals surface area contributed by atoms with E-state index in [1.165, 1.54) is 12.1 Å². The Morgan fingerprint density at radius 2 is 2.12 bits per heavy atom. The number of ketones is 1. The molecule has 0 atom stereocenters. The summed E-state index contributed by atoms with van der Waals surface area (Å²) >= 11 is 10.2. The first-order chi connectivity index (χ1) is 7.99. The Morgan fingerprint density at radius 3 is 2.71 bits per heavy atom. The third-order valence-electron chi connectivity index (χ3n) is 2.13. The molecule has 17 heavy (non-hydrogen) atoms. The second-order valence-corrected chi connectivity index (χ2v) is 5.80. The van der Waals surface area contributed by atoms with Gasteiger partial charge < -0.3 is 5.73 Å². The molecule has 0 aliphatic carbocycles. The van der Waals surface area contributed by atoms with E-state index in [0.717, 1.165) is 17.4 Å². The Labute approximate surface area is 114 Å². The van der Waals surface area contributed by atoms with Gasteiger partial charge in [0, 0.05) is 15.7 Å². The van der Waals surface area contributed by atoms with Crippen LogP contribution in [0.1, 0.15) is 15.2 Å². The number of anilines is 1. The molecule has 1 aromatic heterocycles. The van der Waals surface area contributed by atoms with E-state index in [9.17, 15) is 9.18 Å². The number of nitrogen functional groups attached to an aromatic ring is 1. The number of halogens is 3. The predicted molar refractivity (Wildman–Crippen MR) is 71.3 cm³/mol. The van der Waals surface area contributed by atoms with E-state index in [1.807, 2.05) is 0 Å². The fourth-order valence-corrected chi connectivity index (χ4v) is 2.97. The summed E-state index contributed by atoms with van der Waals surface area (Å²) in [5.41, 5.74) is 6.04. The third kappa shape index (κ3) is 2.51. The van der Waals surface area contributed by atoms with Crippen molar-refractivity contribution >= 4 is 50.3 Å². The van der Waals surface area contributed by atoms with Crippen molar-refractivity contribution in [3.8, 4) is 0 Å². The fraction of sp³-hybridized carbons (Fsp3) is 0. The predicted octanol–water partition coefficient (Wildman–Crippen LogP) is 4.12.